The first-order valence-corrected chi connectivity index (χ1v) is 10.6. The van der Waals surface area contributed by atoms with Crippen LogP contribution in [-0.2, 0) is 7.05 Å². The molecule has 2 aromatic heterocycles. The van der Waals surface area contributed by atoms with E-state index in [9.17, 15) is 14.4 Å². The first kappa shape index (κ1) is 20.0. The van der Waals surface area contributed by atoms with Crippen molar-refractivity contribution >= 4 is 16.9 Å². The number of likely N-dealkylation sites (tertiary alicyclic amines) is 1. The van der Waals surface area contributed by atoms with E-state index < -0.39 is 0 Å². The summed E-state index contributed by atoms with van der Waals surface area (Å²) in [4.78, 5) is 39.7. The molecule has 1 aliphatic rings. The Morgan fingerprint density at radius 3 is 2.44 bits per heavy atom. The van der Waals surface area contributed by atoms with Crippen LogP contribution in [-0.4, -0.2) is 38.2 Å². The van der Waals surface area contributed by atoms with Gasteiger partial charge in [-0.05, 0) is 37.1 Å². The molecule has 8 nitrogen and oxygen atoms in total. The van der Waals surface area contributed by atoms with Gasteiger partial charge in [0.1, 0.15) is 11.4 Å². The Morgan fingerprint density at radius 2 is 1.69 bits per heavy atom. The van der Waals surface area contributed by atoms with E-state index in [1.807, 2.05) is 30.3 Å². The largest absolute Gasteiger partial charge is 0.451 e. The van der Waals surface area contributed by atoms with Gasteiger partial charge in [-0.3, -0.25) is 9.59 Å². The summed E-state index contributed by atoms with van der Waals surface area (Å²) in [6.07, 6.45) is 1.32. The smallest absolute Gasteiger partial charge is 0.350 e. The molecule has 1 saturated heterocycles. The van der Waals surface area contributed by atoms with Crippen molar-refractivity contribution in [1.29, 1.82) is 0 Å². The number of rotatable bonds is 3. The number of benzene rings is 2. The molecule has 5 rings (SSSR count). The van der Waals surface area contributed by atoms with Gasteiger partial charge < -0.3 is 9.32 Å². The van der Waals surface area contributed by atoms with Gasteiger partial charge in [0.15, 0.2) is 11.2 Å². The minimum absolute atomic E-state index is 0.0387. The van der Waals surface area contributed by atoms with Gasteiger partial charge in [0.25, 0.3) is 5.91 Å². The Labute approximate surface area is 183 Å². The summed E-state index contributed by atoms with van der Waals surface area (Å²) in [5.74, 6) is 0.490. The highest BCUT2D eigenvalue weighted by molar-refractivity contribution is 5.93. The number of carbonyl (C=O) groups excluding carboxylic acids is 1. The molecule has 1 amide bonds. The summed E-state index contributed by atoms with van der Waals surface area (Å²) < 4.78 is 8.71. The Balaban J connectivity index is 1.37. The number of amides is 1. The third-order valence-electron chi connectivity index (χ3n) is 5.96. The molecule has 1 fully saturated rings. The Bertz CT molecular complexity index is 1410. The summed E-state index contributed by atoms with van der Waals surface area (Å²) in [7, 11) is 1.64. The van der Waals surface area contributed by atoms with E-state index in [2.05, 4.69) is 5.10 Å². The lowest BCUT2D eigenvalue weighted by molar-refractivity contribution is 0.0679. The second-order valence-corrected chi connectivity index (χ2v) is 7.97. The maximum Gasteiger partial charge on any atom is 0.350 e. The summed E-state index contributed by atoms with van der Waals surface area (Å²) in [5.41, 5.74) is 0.753. The average molecular weight is 430 g/mol. The number of aryl methyl sites for hydroxylation is 1. The van der Waals surface area contributed by atoms with E-state index in [1.165, 1.54) is 10.7 Å². The summed E-state index contributed by atoms with van der Waals surface area (Å²) in [6.45, 7) is 0.971. The third-order valence-corrected chi connectivity index (χ3v) is 5.96. The minimum atomic E-state index is -0.298. The van der Waals surface area contributed by atoms with Gasteiger partial charge >= 0.3 is 5.69 Å². The van der Waals surface area contributed by atoms with Crippen molar-refractivity contribution in [2.24, 2.45) is 7.05 Å². The molecule has 0 bridgehead atoms. The second kappa shape index (κ2) is 7.96. The first-order chi connectivity index (χ1) is 15.5. The predicted octanol–water partition coefficient (Wildman–Crippen LogP) is 2.70. The number of para-hydroxylation sites is 2. The Hall–Kier alpha value is -3.94. The minimum Gasteiger partial charge on any atom is -0.451 e. The molecular weight excluding hydrogens is 408 g/mol. The maximum absolute atomic E-state index is 13.0. The number of aromatic nitrogens is 3. The topological polar surface area (TPSA) is 90.3 Å². The third kappa shape index (κ3) is 3.43. The van der Waals surface area contributed by atoms with E-state index in [0.29, 0.717) is 42.7 Å². The number of hydrogen-bond acceptors (Lipinski definition) is 5. The molecule has 1 aliphatic heterocycles. The van der Waals surface area contributed by atoms with E-state index in [1.54, 1.807) is 40.8 Å². The summed E-state index contributed by atoms with van der Waals surface area (Å²) in [6, 6.07) is 17.6. The fourth-order valence-corrected chi connectivity index (χ4v) is 4.27. The van der Waals surface area contributed by atoms with Crippen LogP contribution in [0.3, 0.4) is 0 Å². The van der Waals surface area contributed by atoms with Gasteiger partial charge in [0.2, 0.25) is 0 Å². The summed E-state index contributed by atoms with van der Waals surface area (Å²) >= 11 is 0. The molecule has 0 spiro atoms. The zero-order valence-corrected chi connectivity index (χ0v) is 17.6. The lowest BCUT2D eigenvalue weighted by Gasteiger charge is -2.31. The molecule has 0 radical (unpaired) electrons. The number of piperidine rings is 1. The number of carbonyl (C=O) groups is 1. The van der Waals surface area contributed by atoms with Gasteiger partial charge in [0.05, 0.1) is 11.1 Å². The number of fused-ring (bicyclic) bond motifs is 1. The highest BCUT2D eigenvalue weighted by atomic mass is 16.3. The highest BCUT2D eigenvalue weighted by Crippen LogP contribution is 2.28. The van der Waals surface area contributed by atoms with Gasteiger partial charge in [-0.25, -0.2) is 14.0 Å². The van der Waals surface area contributed by atoms with Crippen molar-refractivity contribution < 1.29 is 9.21 Å². The average Bonchev–Trinajstić information content (AvgIpc) is 3.13. The van der Waals surface area contributed by atoms with E-state index in [-0.39, 0.29) is 28.7 Å². The number of nitrogens with zero attached hydrogens (tertiary/aromatic N) is 4. The van der Waals surface area contributed by atoms with Gasteiger partial charge in [0, 0.05) is 32.1 Å². The normalized spacial score (nSPS) is 14.7. The van der Waals surface area contributed by atoms with Crippen LogP contribution in [0.5, 0.6) is 0 Å². The first-order valence-electron chi connectivity index (χ1n) is 10.6. The molecule has 32 heavy (non-hydrogen) atoms. The standard InChI is InChI=1S/C24H22N4O4/c1-26-24(31)28(17-7-3-2-4-8-17)22(25-26)16-11-13-27(14-12-16)23(30)21-15-19(29)18-9-5-6-10-20(18)32-21/h2-10,15-16H,11-14H2,1H3. The zero-order valence-electron chi connectivity index (χ0n) is 17.6. The van der Waals surface area contributed by atoms with Gasteiger partial charge in [-0.2, -0.15) is 5.10 Å². The van der Waals surface area contributed by atoms with Crippen LogP contribution in [0.1, 0.15) is 35.1 Å². The monoisotopic (exact) mass is 430 g/mol. The van der Waals surface area contributed by atoms with Crippen molar-refractivity contribution in [2.75, 3.05) is 13.1 Å². The van der Waals surface area contributed by atoms with Crippen LogP contribution in [0.2, 0.25) is 0 Å². The molecule has 0 saturated carbocycles. The lowest BCUT2D eigenvalue weighted by Crippen LogP contribution is -2.38. The molecule has 0 unspecified atom stereocenters. The fourth-order valence-electron chi connectivity index (χ4n) is 4.27. The molecule has 162 valence electrons. The SMILES string of the molecule is Cn1nc(C2CCN(C(=O)c3cc(=O)c4ccccc4o3)CC2)n(-c2ccccc2)c1=O. The van der Waals surface area contributed by atoms with Crippen LogP contribution in [0.15, 0.2) is 74.7 Å². The van der Waals surface area contributed by atoms with E-state index in [4.69, 9.17) is 4.42 Å². The maximum atomic E-state index is 13.0. The molecule has 2 aromatic carbocycles. The molecular formula is C24H22N4O4. The number of hydrogen-bond donors (Lipinski definition) is 0. The zero-order chi connectivity index (χ0) is 22.2. The quantitative estimate of drug-likeness (QED) is 0.499. The van der Waals surface area contributed by atoms with Crippen molar-refractivity contribution in [3.63, 3.8) is 0 Å². The molecule has 0 N–H and O–H groups in total. The van der Waals surface area contributed by atoms with Crippen LogP contribution in [0.25, 0.3) is 16.7 Å². The fraction of sp³-hybridized carbons (Fsp3) is 0.250. The molecule has 0 atom stereocenters. The lowest BCUT2D eigenvalue weighted by atomic mass is 9.95. The molecule has 3 heterocycles. The van der Waals surface area contributed by atoms with E-state index in [0.717, 1.165) is 5.69 Å². The molecule has 4 aromatic rings. The van der Waals surface area contributed by atoms with Crippen LogP contribution < -0.4 is 11.1 Å². The second-order valence-electron chi connectivity index (χ2n) is 7.97. The molecule has 0 aliphatic carbocycles. The van der Waals surface area contributed by atoms with Gasteiger partial charge in [-0.1, -0.05) is 30.3 Å². The van der Waals surface area contributed by atoms with Gasteiger partial charge in [-0.15, -0.1) is 0 Å². The highest BCUT2D eigenvalue weighted by Gasteiger charge is 2.30. The van der Waals surface area contributed by atoms with Crippen LogP contribution in [0.4, 0.5) is 0 Å². The Kier molecular flexibility index (Phi) is 4.97. The molecule has 8 heteroatoms. The predicted molar refractivity (Wildman–Crippen MR) is 119 cm³/mol. The van der Waals surface area contributed by atoms with Crippen molar-refractivity contribution in [2.45, 2.75) is 18.8 Å². The van der Waals surface area contributed by atoms with Crippen LogP contribution in [0, 0.1) is 0 Å². The van der Waals surface area contributed by atoms with Crippen molar-refractivity contribution in [1.82, 2.24) is 19.2 Å². The van der Waals surface area contributed by atoms with Crippen molar-refractivity contribution in [3.8, 4) is 5.69 Å². The summed E-state index contributed by atoms with van der Waals surface area (Å²) in [5, 5.41) is 4.94. The van der Waals surface area contributed by atoms with E-state index >= 15 is 0 Å². The van der Waals surface area contributed by atoms with Crippen molar-refractivity contribution in [3.05, 3.63) is 93.0 Å². The Morgan fingerprint density at radius 1 is 1.00 bits per heavy atom. The van der Waals surface area contributed by atoms with Crippen LogP contribution >= 0.6 is 0 Å².